The summed E-state index contributed by atoms with van der Waals surface area (Å²) >= 11 is 5.98. The molecule has 5 nitrogen and oxygen atoms in total. The summed E-state index contributed by atoms with van der Waals surface area (Å²) in [7, 11) is 0. The minimum Gasteiger partial charge on any atom is -0.337 e. The molecule has 4 rings (SSSR count). The van der Waals surface area contributed by atoms with Crippen molar-refractivity contribution in [2.45, 2.75) is 25.3 Å². The Morgan fingerprint density at radius 1 is 1.14 bits per heavy atom. The summed E-state index contributed by atoms with van der Waals surface area (Å²) < 4.78 is 14.6. The lowest BCUT2D eigenvalue weighted by atomic mass is 9.90. The van der Waals surface area contributed by atoms with Gasteiger partial charge in [-0.2, -0.15) is 0 Å². The molecule has 0 spiro atoms. The lowest BCUT2D eigenvalue weighted by molar-refractivity contribution is 0.0701. The predicted molar refractivity (Wildman–Crippen MR) is 105 cm³/mol. The van der Waals surface area contributed by atoms with Crippen molar-refractivity contribution in [1.82, 2.24) is 19.9 Å². The fourth-order valence-electron chi connectivity index (χ4n) is 3.58. The summed E-state index contributed by atoms with van der Waals surface area (Å²) in [4.78, 5) is 14.7. The van der Waals surface area contributed by atoms with Crippen molar-refractivity contribution < 1.29 is 9.18 Å². The van der Waals surface area contributed by atoms with E-state index in [4.69, 9.17) is 11.6 Å². The van der Waals surface area contributed by atoms with Crippen molar-refractivity contribution in [2.75, 3.05) is 13.1 Å². The predicted octanol–water partition coefficient (Wildman–Crippen LogP) is 4.14. The number of carbonyl (C=O) groups is 1. The van der Waals surface area contributed by atoms with Gasteiger partial charge in [-0.3, -0.25) is 4.79 Å². The van der Waals surface area contributed by atoms with E-state index < -0.39 is 0 Å². The van der Waals surface area contributed by atoms with Gasteiger partial charge >= 0.3 is 0 Å². The van der Waals surface area contributed by atoms with Crippen molar-refractivity contribution in [3.63, 3.8) is 0 Å². The third-order valence-corrected chi connectivity index (χ3v) is 5.32. The Morgan fingerprint density at radius 2 is 1.89 bits per heavy atom. The van der Waals surface area contributed by atoms with E-state index in [1.165, 1.54) is 17.7 Å². The van der Waals surface area contributed by atoms with Crippen molar-refractivity contribution in [3.05, 3.63) is 82.4 Å². The number of nitrogens with zero attached hydrogens (tertiary/aromatic N) is 4. The van der Waals surface area contributed by atoms with Gasteiger partial charge in [-0.05, 0) is 48.2 Å². The van der Waals surface area contributed by atoms with Crippen molar-refractivity contribution in [3.8, 4) is 0 Å². The lowest BCUT2D eigenvalue weighted by Crippen LogP contribution is -2.39. The van der Waals surface area contributed by atoms with Crippen LogP contribution >= 0.6 is 11.6 Å². The Kier molecular flexibility index (Phi) is 5.39. The molecule has 1 aliphatic rings. The standard InChI is InChI=1S/C21H20ClFN4O/c22-18-7-5-16(6-8-18)17-2-1-11-26(13-17)21(28)20-14-27(25-24-20)12-15-3-9-19(23)10-4-15/h3-10,14,17H,1-2,11-13H2. The average molecular weight is 399 g/mol. The van der Waals surface area contributed by atoms with Gasteiger partial charge in [0.2, 0.25) is 0 Å². The van der Waals surface area contributed by atoms with Crippen LogP contribution in [-0.2, 0) is 6.54 Å². The van der Waals surface area contributed by atoms with Crippen LogP contribution < -0.4 is 0 Å². The van der Waals surface area contributed by atoms with E-state index in [1.54, 1.807) is 23.0 Å². The first-order valence-corrected chi connectivity index (χ1v) is 9.65. The number of piperidine rings is 1. The van der Waals surface area contributed by atoms with Gasteiger partial charge in [-0.1, -0.05) is 41.1 Å². The highest BCUT2D eigenvalue weighted by atomic mass is 35.5. The van der Waals surface area contributed by atoms with Crippen LogP contribution in [0.4, 0.5) is 4.39 Å². The SMILES string of the molecule is O=C(c1cn(Cc2ccc(F)cc2)nn1)N1CCCC(c2ccc(Cl)cc2)C1. The molecule has 0 radical (unpaired) electrons. The number of carbonyl (C=O) groups excluding carboxylic acids is 1. The molecule has 28 heavy (non-hydrogen) atoms. The maximum absolute atomic E-state index is 13.0. The van der Waals surface area contributed by atoms with Crippen LogP contribution in [0.15, 0.2) is 54.7 Å². The van der Waals surface area contributed by atoms with Gasteiger partial charge in [-0.25, -0.2) is 9.07 Å². The van der Waals surface area contributed by atoms with E-state index >= 15 is 0 Å². The topological polar surface area (TPSA) is 51.0 Å². The Hall–Kier alpha value is -2.73. The van der Waals surface area contributed by atoms with Gasteiger partial charge in [0.05, 0.1) is 12.7 Å². The molecule has 0 aliphatic carbocycles. The van der Waals surface area contributed by atoms with Gasteiger partial charge in [-0.15, -0.1) is 5.10 Å². The van der Waals surface area contributed by atoms with E-state index in [9.17, 15) is 9.18 Å². The molecule has 1 fully saturated rings. The van der Waals surface area contributed by atoms with E-state index in [0.29, 0.717) is 36.3 Å². The molecule has 1 amide bonds. The maximum Gasteiger partial charge on any atom is 0.276 e. The number of halogens is 2. The minimum absolute atomic E-state index is 0.107. The second-order valence-electron chi connectivity index (χ2n) is 7.07. The molecule has 7 heteroatoms. The minimum atomic E-state index is -0.279. The molecule has 1 saturated heterocycles. The van der Waals surface area contributed by atoms with E-state index in [-0.39, 0.29) is 11.7 Å². The molecular formula is C21H20ClFN4O. The summed E-state index contributed by atoms with van der Waals surface area (Å²) in [5, 5.41) is 8.81. The largest absolute Gasteiger partial charge is 0.337 e. The fraction of sp³-hybridized carbons (Fsp3) is 0.286. The van der Waals surface area contributed by atoms with Gasteiger partial charge in [0, 0.05) is 24.0 Å². The molecule has 1 atom stereocenters. The number of aromatic nitrogens is 3. The number of hydrogen-bond donors (Lipinski definition) is 0. The quantitative estimate of drug-likeness (QED) is 0.663. The zero-order valence-electron chi connectivity index (χ0n) is 15.3. The molecule has 0 bridgehead atoms. The first-order chi connectivity index (χ1) is 13.6. The summed E-state index contributed by atoms with van der Waals surface area (Å²) in [6, 6.07) is 14.0. The Balaban J connectivity index is 1.43. The average Bonchev–Trinajstić information content (AvgIpc) is 3.18. The Labute approximate surface area is 167 Å². The fourth-order valence-corrected chi connectivity index (χ4v) is 3.71. The summed E-state index contributed by atoms with van der Waals surface area (Å²) in [5.41, 5.74) is 2.42. The zero-order valence-corrected chi connectivity index (χ0v) is 16.0. The van der Waals surface area contributed by atoms with Gasteiger partial charge in [0.25, 0.3) is 5.91 Å². The number of hydrogen-bond acceptors (Lipinski definition) is 3. The maximum atomic E-state index is 13.0. The highest BCUT2D eigenvalue weighted by Gasteiger charge is 2.27. The van der Waals surface area contributed by atoms with Crippen LogP contribution in [0.2, 0.25) is 5.02 Å². The van der Waals surface area contributed by atoms with Crippen LogP contribution in [0, 0.1) is 5.82 Å². The summed E-state index contributed by atoms with van der Waals surface area (Å²) in [5.74, 6) is -0.0909. The van der Waals surface area contributed by atoms with Crippen LogP contribution in [0.3, 0.4) is 0 Å². The normalized spacial score (nSPS) is 16.9. The lowest BCUT2D eigenvalue weighted by Gasteiger charge is -2.32. The molecular weight excluding hydrogens is 379 g/mol. The van der Waals surface area contributed by atoms with E-state index in [1.807, 2.05) is 29.2 Å². The number of amides is 1. The molecule has 0 saturated carbocycles. The summed E-state index contributed by atoms with van der Waals surface area (Å²) in [6.45, 7) is 1.81. The van der Waals surface area contributed by atoms with Gasteiger partial charge < -0.3 is 4.90 Å². The van der Waals surface area contributed by atoms with Crippen LogP contribution in [-0.4, -0.2) is 38.9 Å². The van der Waals surface area contributed by atoms with E-state index in [0.717, 1.165) is 18.4 Å². The molecule has 2 aromatic carbocycles. The van der Waals surface area contributed by atoms with Crippen molar-refractivity contribution in [2.24, 2.45) is 0 Å². The number of rotatable bonds is 4. The summed E-state index contributed by atoms with van der Waals surface area (Å²) in [6.07, 6.45) is 3.64. The van der Waals surface area contributed by atoms with Crippen LogP contribution in [0.5, 0.6) is 0 Å². The first-order valence-electron chi connectivity index (χ1n) is 9.28. The molecule has 1 aliphatic heterocycles. The highest BCUT2D eigenvalue weighted by molar-refractivity contribution is 6.30. The molecule has 144 valence electrons. The number of benzene rings is 2. The zero-order chi connectivity index (χ0) is 19.5. The van der Waals surface area contributed by atoms with Crippen molar-refractivity contribution >= 4 is 17.5 Å². The first kappa shape index (κ1) is 18.6. The molecule has 2 heterocycles. The highest BCUT2D eigenvalue weighted by Crippen LogP contribution is 2.28. The third-order valence-electron chi connectivity index (χ3n) is 5.07. The van der Waals surface area contributed by atoms with Gasteiger partial charge in [0.1, 0.15) is 5.82 Å². The Morgan fingerprint density at radius 3 is 2.64 bits per heavy atom. The number of likely N-dealkylation sites (tertiary alicyclic amines) is 1. The molecule has 3 aromatic rings. The van der Waals surface area contributed by atoms with Crippen molar-refractivity contribution in [1.29, 1.82) is 0 Å². The monoisotopic (exact) mass is 398 g/mol. The second-order valence-corrected chi connectivity index (χ2v) is 7.51. The second kappa shape index (κ2) is 8.10. The third kappa shape index (κ3) is 4.22. The molecule has 0 N–H and O–H groups in total. The van der Waals surface area contributed by atoms with Crippen LogP contribution in [0.25, 0.3) is 0 Å². The van der Waals surface area contributed by atoms with E-state index in [2.05, 4.69) is 10.3 Å². The Bertz CT molecular complexity index is 955. The molecule has 1 unspecified atom stereocenters. The smallest absolute Gasteiger partial charge is 0.276 e. The molecule has 1 aromatic heterocycles. The van der Waals surface area contributed by atoms with Crippen LogP contribution in [0.1, 0.15) is 40.4 Å². The van der Waals surface area contributed by atoms with Gasteiger partial charge in [0.15, 0.2) is 5.69 Å².